The van der Waals surface area contributed by atoms with Gasteiger partial charge in [-0.15, -0.1) is 0 Å². The molecule has 0 amide bonds. The molecule has 2 heterocycles. The fourth-order valence-electron chi connectivity index (χ4n) is 10.9. The van der Waals surface area contributed by atoms with Gasteiger partial charge in [-0.25, -0.2) is 0 Å². The van der Waals surface area contributed by atoms with Crippen LogP contribution >= 0.6 is 0 Å². The van der Waals surface area contributed by atoms with E-state index < -0.39 is 11.7 Å². The fraction of sp³-hybridized carbons (Fsp3) is 0.0746. The largest absolute Gasteiger partial charge is 0.417 e. The Kier molecular flexibility index (Phi) is 10.9. The lowest BCUT2D eigenvalue weighted by atomic mass is 9.92. The van der Waals surface area contributed by atoms with Crippen molar-refractivity contribution in [3.8, 4) is 79.1 Å². The van der Waals surface area contributed by atoms with Crippen LogP contribution in [0.4, 0.5) is 13.2 Å². The summed E-state index contributed by atoms with van der Waals surface area (Å²) in [5.41, 5.74) is 16.3. The predicted octanol–water partition coefficient (Wildman–Crippen LogP) is 18.2. The molecule has 12 rings (SSSR count). The van der Waals surface area contributed by atoms with E-state index in [1.165, 1.54) is 12.1 Å². The normalized spacial score (nSPS) is 11.7. The van der Waals surface area contributed by atoms with Gasteiger partial charge < -0.3 is 9.13 Å². The maximum atomic E-state index is 15.3. The Hall–Kier alpha value is -9.43. The maximum Gasteiger partial charge on any atom is 0.417 e. The van der Waals surface area contributed by atoms with Gasteiger partial charge >= 0.3 is 6.18 Å². The molecule has 10 aromatic carbocycles. The van der Waals surface area contributed by atoms with Crippen LogP contribution in [0.5, 0.6) is 0 Å². The average Bonchev–Trinajstić information content (AvgIpc) is 3.91. The van der Waals surface area contributed by atoms with Gasteiger partial charge in [-0.05, 0) is 151 Å². The Morgan fingerprint density at radius 3 is 1.03 bits per heavy atom. The van der Waals surface area contributed by atoms with Crippen LogP contribution in [0.15, 0.2) is 200 Å². The first-order valence-electron chi connectivity index (χ1n) is 24.5. The molecule has 4 nitrogen and oxygen atoms in total. The summed E-state index contributed by atoms with van der Waals surface area (Å²) in [5.74, 6) is 0. The molecule has 0 aliphatic carbocycles. The molecule has 0 aliphatic heterocycles. The first-order chi connectivity index (χ1) is 35.8. The number of halogens is 3. The molecule has 74 heavy (non-hydrogen) atoms. The molecule has 12 aromatic rings. The highest BCUT2D eigenvalue weighted by Gasteiger charge is 2.35. The zero-order valence-electron chi connectivity index (χ0n) is 41.0. The summed E-state index contributed by atoms with van der Waals surface area (Å²) in [5, 5.41) is 24.8. The van der Waals surface area contributed by atoms with Crippen molar-refractivity contribution >= 4 is 43.6 Å². The van der Waals surface area contributed by atoms with E-state index in [0.717, 1.165) is 116 Å². The van der Waals surface area contributed by atoms with Gasteiger partial charge in [-0.1, -0.05) is 150 Å². The van der Waals surface area contributed by atoms with Crippen molar-refractivity contribution in [1.29, 1.82) is 10.5 Å². The lowest BCUT2D eigenvalue weighted by Gasteiger charge is -2.21. The number of nitriles is 2. The van der Waals surface area contributed by atoms with Crippen molar-refractivity contribution in [2.45, 2.75) is 33.9 Å². The highest BCUT2D eigenvalue weighted by Crippen LogP contribution is 2.46. The fourth-order valence-corrected chi connectivity index (χ4v) is 10.9. The second-order valence-corrected chi connectivity index (χ2v) is 19.4. The van der Waals surface area contributed by atoms with Crippen LogP contribution < -0.4 is 0 Å². The molecule has 0 aliphatic rings. The van der Waals surface area contributed by atoms with Crippen LogP contribution in [0.1, 0.15) is 38.9 Å². The monoisotopic (exact) mass is 962 g/mol. The number of hydrogen-bond donors (Lipinski definition) is 0. The van der Waals surface area contributed by atoms with Gasteiger partial charge in [0.15, 0.2) is 0 Å². The molecule has 0 unspecified atom stereocenters. The minimum atomic E-state index is -4.84. The molecule has 0 fully saturated rings. The molecule has 7 heteroatoms. The first-order valence-corrected chi connectivity index (χ1v) is 24.5. The summed E-state index contributed by atoms with van der Waals surface area (Å²) >= 11 is 0. The van der Waals surface area contributed by atoms with E-state index in [0.29, 0.717) is 11.4 Å². The molecule has 0 bridgehead atoms. The molecule has 0 spiro atoms. The molecular weight excluding hydrogens is 918 g/mol. The van der Waals surface area contributed by atoms with Crippen LogP contribution in [-0.4, -0.2) is 9.13 Å². The lowest BCUT2D eigenvalue weighted by Crippen LogP contribution is -2.10. The van der Waals surface area contributed by atoms with Crippen molar-refractivity contribution in [3.63, 3.8) is 0 Å². The average molecular weight is 963 g/mol. The number of hydrogen-bond acceptors (Lipinski definition) is 2. The van der Waals surface area contributed by atoms with E-state index in [1.54, 1.807) is 12.1 Å². The molecular formula is C67H45F3N4. The minimum Gasteiger partial charge on any atom is -0.307 e. The van der Waals surface area contributed by atoms with Crippen LogP contribution in [0, 0.1) is 50.4 Å². The van der Waals surface area contributed by atoms with Crippen LogP contribution in [0.2, 0.25) is 0 Å². The number of nitrogens with zero attached hydrogens (tertiary/aromatic N) is 4. The Labute approximate surface area is 426 Å². The van der Waals surface area contributed by atoms with E-state index in [-0.39, 0.29) is 22.3 Å². The van der Waals surface area contributed by atoms with E-state index in [2.05, 4.69) is 213 Å². The molecule has 0 N–H and O–H groups in total. The van der Waals surface area contributed by atoms with Gasteiger partial charge in [-0.2, -0.15) is 23.7 Å². The number of alkyl halides is 3. The van der Waals surface area contributed by atoms with Gasteiger partial charge in [0.1, 0.15) is 0 Å². The van der Waals surface area contributed by atoms with E-state index in [4.69, 9.17) is 0 Å². The van der Waals surface area contributed by atoms with E-state index in [1.807, 2.05) is 6.07 Å². The van der Waals surface area contributed by atoms with Crippen molar-refractivity contribution in [2.75, 3.05) is 0 Å². The van der Waals surface area contributed by atoms with Gasteiger partial charge in [0.2, 0.25) is 0 Å². The number of rotatable bonds is 7. The Bertz CT molecular complexity index is 4180. The van der Waals surface area contributed by atoms with Gasteiger partial charge in [0.05, 0.1) is 62.3 Å². The lowest BCUT2D eigenvalue weighted by molar-refractivity contribution is -0.137. The summed E-state index contributed by atoms with van der Waals surface area (Å²) in [6, 6.07) is 70.5. The molecule has 0 saturated heterocycles. The summed E-state index contributed by atoms with van der Waals surface area (Å²) in [7, 11) is 0. The number of benzene rings is 10. The number of aromatic nitrogens is 2. The Balaban J connectivity index is 1.23. The Morgan fingerprint density at radius 1 is 0.351 bits per heavy atom. The van der Waals surface area contributed by atoms with Crippen LogP contribution in [0.3, 0.4) is 0 Å². The van der Waals surface area contributed by atoms with Crippen LogP contribution in [-0.2, 0) is 6.18 Å². The zero-order chi connectivity index (χ0) is 51.0. The van der Waals surface area contributed by atoms with Crippen molar-refractivity contribution in [1.82, 2.24) is 9.13 Å². The van der Waals surface area contributed by atoms with E-state index in [9.17, 15) is 10.5 Å². The minimum absolute atomic E-state index is 0.0472. The number of aryl methyl sites for hydroxylation is 4. The maximum absolute atomic E-state index is 15.3. The first kappa shape index (κ1) is 45.7. The third-order valence-electron chi connectivity index (χ3n) is 14.4. The standard InChI is InChI=1S/C67H45F3N4/c1-40-9-5-13-45(27-40)49-18-23-61-56(32-49)57-33-50(46-14-6-10-41(2)28-46)19-24-62(57)73(61)65-36-53(39-72)55(54-22-17-44(38-71)31-60(54)67(68,69)70)37-66(65)74-63-25-20-51(47-15-7-11-42(3)29-47)34-58(63)59-35-52(21-26-64(59)74)48-16-8-12-43(4)30-48/h5-37H,1-4H3. The summed E-state index contributed by atoms with van der Waals surface area (Å²) < 4.78 is 50.2. The third-order valence-corrected chi connectivity index (χ3v) is 14.4. The topological polar surface area (TPSA) is 57.4 Å². The van der Waals surface area contributed by atoms with Gasteiger partial charge in [0.25, 0.3) is 0 Å². The third kappa shape index (κ3) is 7.87. The predicted molar refractivity (Wildman–Crippen MR) is 296 cm³/mol. The Morgan fingerprint density at radius 2 is 0.703 bits per heavy atom. The van der Waals surface area contributed by atoms with Crippen molar-refractivity contribution < 1.29 is 13.2 Å². The smallest absolute Gasteiger partial charge is 0.307 e. The molecule has 354 valence electrons. The second kappa shape index (κ2) is 17.7. The van der Waals surface area contributed by atoms with Crippen molar-refractivity contribution in [2.24, 2.45) is 0 Å². The molecule has 0 saturated carbocycles. The summed E-state index contributed by atoms with van der Waals surface area (Å²) in [6.07, 6.45) is -4.84. The zero-order valence-corrected chi connectivity index (χ0v) is 41.0. The second-order valence-electron chi connectivity index (χ2n) is 19.4. The summed E-state index contributed by atoms with van der Waals surface area (Å²) in [6.45, 7) is 8.31. The van der Waals surface area contributed by atoms with Gasteiger partial charge in [0, 0.05) is 27.1 Å². The van der Waals surface area contributed by atoms with Crippen molar-refractivity contribution in [3.05, 3.63) is 239 Å². The van der Waals surface area contributed by atoms with Crippen LogP contribution in [0.25, 0.3) is 111 Å². The van der Waals surface area contributed by atoms with E-state index >= 15 is 13.2 Å². The van der Waals surface area contributed by atoms with Gasteiger partial charge in [-0.3, -0.25) is 0 Å². The molecule has 0 atom stereocenters. The molecule has 2 aromatic heterocycles. The number of fused-ring (bicyclic) bond motifs is 6. The highest BCUT2D eigenvalue weighted by atomic mass is 19.4. The SMILES string of the molecule is Cc1cccc(-c2ccc3c(c2)c2cc(-c4cccc(C)c4)ccc2n3-c2cc(C#N)c(-c3ccc(C#N)cc3C(F)(F)F)cc2-n2c3ccc(-c4cccc(C)c4)cc3c3cc(-c4cccc(C)c4)ccc32)c1. The quantitative estimate of drug-likeness (QED) is 0.160. The summed E-state index contributed by atoms with van der Waals surface area (Å²) in [4.78, 5) is 0. The highest BCUT2D eigenvalue weighted by molar-refractivity contribution is 6.14. The molecule has 0 radical (unpaired) electrons.